The Morgan fingerprint density at radius 2 is 2.00 bits per heavy atom. The minimum atomic E-state index is -0.0804. The number of nitrogen functional groups attached to an aromatic ring is 1. The van der Waals surface area contributed by atoms with Crippen LogP contribution < -0.4 is 5.84 Å². The number of nitrogens with two attached hydrogens (primary N) is 1. The molecule has 128 valence electrons. The maximum absolute atomic E-state index is 6.12. The van der Waals surface area contributed by atoms with Crippen LogP contribution in [0.3, 0.4) is 0 Å². The Hall–Kier alpha value is -2.29. The first-order valence-electron chi connectivity index (χ1n) is 7.69. The average molecular weight is 348 g/mol. The van der Waals surface area contributed by atoms with Crippen molar-refractivity contribution in [3.8, 4) is 11.4 Å². The van der Waals surface area contributed by atoms with E-state index in [4.69, 9.17) is 14.7 Å². The zero-order valence-electron chi connectivity index (χ0n) is 14.1. The van der Waals surface area contributed by atoms with Crippen LogP contribution in [-0.2, 0) is 6.42 Å². The summed E-state index contributed by atoms with van der Waals surface area (Å²) in [5.74, 6) is 9.10. The Morgan fingerprint density at radius 1 is 1.21 bits per heavy atom. The third-order valence-corrected chi connectivity index (χ3v) is 4.50. The molecule has 0 bridgehead atoms. The molecule has 0 aliphatic rings. The molecule has 0 saturated heterocycles. The van der Waals surface area contributed by atoms with Gasteiger partial charge in [0.25, 0.3) is 0 Å². The summed E-state index contributed by atoms with van der Waals surface area (Å²) in [4.78, 5) is 0. The second-order valence-corrected chi connectivity index (χ2v) is 7.27. The zero-order valence-corrected chi connectivity index (χ0v) is 14.9. The third-order valence-electron chi connectivity index (χ3n) is 3.46. The topological polar surface area (TPSA) is 109 Å². The van der Waals surface area contributed by atoms with Gasteiger partial charge in [0.05, 0.1) is 17.1 Å². The Labute approximate surface area is 143 Å². The SMILES string of the molecule is Cc1occc1-c1nnc(S[C@H](C)c2nnc(CC(C)C)o2)n1N. The molecule has 1 atom stereocenters. The molecule has 0 aliphatic heterocycles. The number of aryl methyl sites for hydroxylation is 1. The van der Waals surface area contributed by atoms with Crippen molar-refractivity contribution in [3.63, 3.8) is 0 Å². The maximum Gasteiger partial charge on any atom is 0.229 e. The van der Waals surface area contributed by atoms with E-state index in [2.05, 4.69) is 34.2 Å². The van der Waals surface area contributed by atoms with E-state index < -0.39 is 0 Å². The normalized spacial score (nSPS) is 12.9. The summed E-state index contributed by atoms with van der Waals surface area (Å²) in [7, 11) is 0. The highest BCUT2D eigenvalue weighted by Gasteiger charge is 2.21. The Bertz CT molecular complexity index is 822. The van der Waals surface area contributed by atoms with E-state index in [-0.39, 0.29) is 5.25 Å². The first-order chi connectivity index (χ1) is 11.5. The molecular weight excluding hydrogens is 328 g/mol. The molecule has 0 radical (unpaired) electrons. The van der Waals surface area contributed by atoms with Crippen molar-refractivity contribution in [1.29, 1.82) is 0 Å². The van der Waals surface area contributed by atoms with Gasteiger partial charge in [-0.25, -0.2) is 4.68 Å². The lowest BCUT2D eigenvalue weighted by molar-refractivity contribution is 0.426. The van der Waals surface area contributed by atoms with Crippen LogP contribution in [0.15, 0.2) is 26.3 Å². The Kier molecular flexibility index (Phi) is 4.61. The van der Waals surface area contributed by atoms with Gasteiger partial charge < -0.3 is 14.7 Å². The van der Waals surface area contributed by atoms with Crippen LogP contribution in [0.1, 0.15) is 43.6 Å². The van der Waals surface area contributed by atoms with Gasteiger partial charge >= 0.3 is 0 Å². The number of thioether (sulfide) groups is 1. The molecule has 0 aromatic carbocycles. The molecule has 0 amide bonds. The van der Waals surface area contributed by atoms with Crippen LogP contribution >= 0.6 is 11.8 Å². The van der Waals surface area contributed by atoms with E-state index in [1.54, 1.807) is 6.26 Å². The van der Waals surface area contributed by atoms with Crippen LogP contribution in [0.4, 0.5) is 0 Å². The predicted molar refractivity (Wildman–Crippen MR) is 89.7 cm³/mol. The fourth-order valence-corrected chi connectivity index (χ4v) is 3.03. The first-order valence-corrected chi connectivity index (χ1v) is 8.57. The largest absolute Gasteiger partial charge is 0.469 e. The van der Waals surface area contributed by atoms with Crippen LogP contribution in [-0.4, -0.2) is 25.1 Å². The van der Waals surface area contributed by atoms with Crippen molar-refractivity contribution < 1.29 is 8.83 Å². The van der Waals surface area contributed by atoms with Crippen molar-refractivity contribution in [1.82, 2.24) is 25.1 Å². The first kappa shape index (κ1) is 16.6. The minimum Gasteiger partial charge on any atom is -0.469 e. The highest BCUT2D eigenvalue weighted by Crippen LogP contribution is 2.34. The molecule has 24 heavy (non-hydrogen) atoms. The van der Waals surface area contributed by atoms with Gasteiger partial charge in [0.2, 0.25) is 16.9 Å². The fraction of sp³-hybridized carbons (Fsp3) is 0.467. The van der Waals surface area contributed by atoms with E-state index in [0.717, 1.165) is 17.7 Å². The number of hydrogen-bond acceptors (Lipinski definition) is 8. The highest BCUT2D eigenvalue weighted by atomic mass is 32.2. The lowest BCUT2D eigenvalue weighted by atomic mass is 10.1. The van der Waals surface area contributed by atoms with Crippen LogP contribution in [0, 0.1) is 12.8 Å². The second-order valence-electron chi connectivity index (χ2n) is 5.96. The predicted octanol–water partition coefficient (Wildman–Crippen LogP) is 3.00. The van der Waals surface area contributed by atoms with Crippen molar-refractivity contribution in [2.75, 3.05) is 5.84 Å². The van der Waals surface area contributed by atoms with Gasteiger partial charge in [-0.2, -0.15) is 0 Å². The summed E-state index contributed by atoms with van der Waals surface area (Å²) in [6.07, 6.45) is 2.37. The van der Waals surface area contributed by atoms with E-state index in [1.807, 2.05) is 19.9 Å². The van der Waals surface area contributed by atoms with Gasteiger partial charge in [-0.3, -0.25) is 0 Å². The van der Waals surface area contributed by atoms with Gasteiger partial charge in [-0.05, 0) is 25.8 Å². The maximum atomic E-state index is 6.12. The van der Waals surface area contributed by atoms with Crippen molar-refractivity contribution >= 4 is 11.8 Å². The second kappa shape index (κ2) is 6.68. The summed E-state index contributed by atoms with van der Waals surface area (Å²) >= 11 is 1.42. The summed E-state index contributed by atoms with van der Waals surface area (Å²) < 4.78 is 12.5. The summed E-state index contributed by atoms with van der Waals surface area (Å²) in [6.45, 7) is 8.04. The average Bonchev–Trinajstić information content (AvgIpc) is 3.21. The fourth-order valence-electron chi connectivity index (χ4n) is 2.23. The molecule has 9 heteroatoms. The minimum absolute atomic E-state index is 0.0804. The summed E-state index contributed by atoms with van der Waals surface area (Å²) in [5, 5.41) is 17.0. The van der Waals surface area contributed by atoms with Crippen molar-refractivity contribution in [3.05, 3.63) is 29.9 Å². The van der Waals surface area contributed by atoms with E-state index in [1.165, 1.54) is 16.4 Å². The van der Waals surface area contributed by atoms with Gasteiger partial charge in [0.1, 0.15) is 5.76 Å². The Morgan fingerprint density at radius 3 is 2.67 bits per heavy atom. The zero-order chi connectivity index (χ0) is 17.3. The van der Waals surface area contributed by atoms with Crippen molar-refractivity contribution in [2.45, 2.75) is 44.5 Å². The molecule has 0 aliphatic carbocycles. The number of hydrogen-bond donors (Lipinski definition) is 1. The number of nitrogens with zero attached hydrogens (tertiary/aromatic N) is 5. The monoisotopic (exact) mass is 348 g/mol. The number of rotatable bonds is 6. The molecule has 0 saturated carbocycles. The number of furan rings is 1. The summed E-state index contributed by atoms with van der Waals surface area (Å²) in [5.41, 5.74) is 0.821. The molecule has 0 fully saturated rings. The third kappa shape index (κ3) is 3.30. The highest BCUT2D eigenvalue weighted by molar-refractivity contribution is 7.99. The van der Waals surface area contributed by atoms with Gasteiger partial charge in [-0.1, -0.05) is 25.6 Å². The molecule has 3 aromatic heterocycles. The molecule has 3 aromatic rings. The van der Waals surface area contributed by atoms with E-state index >= 15 is 0 Å². The van der Waals surface area contributed by atoms with Gasteiger partial charge in [-0.15, -0.1) is 20.4 Å². The lowest BCUT2D eigenvalue weighted by Crippen LogP contribution is -2.12. The van der Waals surface area contributed by atoms with Crippen LogP contribution in [0.2, 0.25) is 0 Å². The van der Waals surface area contributed by atoms with E-state index in [0.29, 0.717) is 28.7 Å². The van der Waals surface area contributed by atoms with Crippen LogP contribution in [0.25, 0.3) is 11.4 Å². The molecule has 0 unspecified atom stereocenters. The lowest BCUT2D eigenvalue weighted by Gasteiger charge is -2.06. The van der Waals surface area contributed by atoms with E-state index in [9.17, 15) is 0 Å². The van der Waals surface area contributed by atoms with Crippen LogP contribution in [0.5, 0.6) is 0 Å². The standard InChI is InChI=1S/C15H20N6O2S/c1-8(2)7-12-17-19-14(23-12)10(4)24-15-20-18-13(21(15)16)11-5-6-22-9(11)3/h5-6,8,10H,7,16H2,1-4H3/t10-/m1/s1. The smallest absolute Gasteiger partial charge is 0.229 e. The molecule has 3 rings (SSSR count). The molecule has 8 nitrogen and oxygen atoms in total. The molecule has 2 N–H and O–H groups in total. The quantitative estimate of drug-likeness (QED) is 0.535. The molecular formula is C15H20N6O2S. The van der Waals surface area contributed by atoms with Gasteiger partial charge in [0, 0.05) is 6.42 Å². The van der Waals surface area contributed by atoms with Crippen molar-refractivity contribution in [2.24, 2.45) is 5.92 Å². The Balaban J connectivity index is 1.75. The molecule has 3 heterocycles. The summed E-state index contributed by atoms with van der Waals surface area (Å²) in [6, 6.07) is 1.82. The van der Waals surface area contributed by atoms with Gasteiger partial charge in [0.15, 0.2) is 5.82 Å². The number of aromatic nitrogens is 5. The molecule has 0 spiro atoms.